The molecule has 14 nitrogen and oxygen atoms in total. The number of aromatic nitrogens is 2. The van der Waals surface area contributed by atoms with Crippen LogP contribution in [0.5, 0.6) is 0 Å². The number of hydrogen-bond donors (Lipinski definition) is 4. The Hall–Kier alpha value is -6.00. The summed E-state index contributed by atoms with van der Waals surface area (Å²) in [4.78, 5) is 58.7. The van der Waals surface area contributed by atoms with Crippen molar-refractivity contribution in [1.29, 1.82) is 0 Å². The fraction of sp³-hybridized carbons (Fsp3) is 0.278. The van der Waals surface area contributed by atoms with Gasteiger partial charge in [-0.25, -0.2) is 28.3 Å². The molecule has 3 heterocycles. The zero-order valence-electron chi connectivity index (χ0n) is 31.1. The van der Waals surface area contributed by atoms with Crippen LogP contribution in [0.1, 0.15) is 45.8 Å². The van der Waals surface area contributed by atoms with Crippen LogP contribution >= 0.6 is 22.7 Å². The molecule has 310 valence electrons. The summed E-state index contributed by atoms with van der Waals surface area (Å²) in [5, 5.41) is 11.3. The van der Waals surface area contributed by atoms with Gasteiger partial charge in [0.15, 0.2) is 16.0 Å². The van der Waals surface area contributed by atoms with E-state index in [1.165, 1.54) is 62.5 Å². The van der Waals surface area contributed by atoms with Crippen molar-refractivity contribution in [3.8, 4) is 0 Å². The number of carbonyl (C=O) groups is 4. The van der Waals surface area contributed by atoms with Crippen LogP contribution in [0, 0.1) is 16.8 Å². The number of rotatable bonds is 13. The van der Waals surface area contributed by atoms with E-state index in [2.05, 4.69) is 35.7 Å². The van der Waals surface area contributed by atoms with Crippen LogP contribution in [-0.2, 0) is 41.9 Å². The molecule has 1 unspecified atom stereocenters. The quantitative estimate of drug-likeness (QED) is 0.0900. The van der Waals surface area contributed by atoms with Crippen LogP contribution in [0.25, 0.3) is 0 Å². The highest BCUT2D eigenvalue weighted by Crippen LogP contribution is 2.31. The van der Waals surface area contributed by atoms with E-state index in [0.29, 0.717) is 34.2 Å². The molecule has 58 heavy (non-hydrogen) atoms. The molecule has 0 saturated heterocycles. The van der Waals surface area contributed by atoms with Gasteiger partial charge in [-0.3, -0.25) is 20.2 Å². The molecular formula is C36H36F6N8O6S2. The fourth-order valence-corrected chi connectivity index (χ4v) is 6.08. The number of furan rings is 1. The van der Waals surface area contributed by atoms with E-state index in [1.807, 2.05) is 0 Å². The second-order valence-electron chi connectivity index (χ2n) is 12.2. The van der Waals surface area contributed by atoms with Gasteiger partial charge >= 0.3 is 18.2 Å². The van der Waals surface area contributed by atoms with Crippen LogP contribution in [0.3, 0.4) is 0 Å². The van der Waals surface area contributed by atoms with E-state index < -0.39 is 58.5 Å². The standard InChI is InChI=1S/C19H16F4N4O3S.C17H20F2N4O3S/c1-27(16(28)14-5-6-15(30-14)19(21,22)23)9-13-10-31-18(25-13)26-17(29)24-8-11-3-2-4-12(20)7-11;1-10(26-3)15(24)23(2)9-13-14(19)27-17(21-13)22-16(25)20-8-11-5-4-6-12(18)7-11/h2-7,10H,8-9H2,1H3,(H2,24,25,26,29);4-7,10H,8-9H2,1-3H3,(H2,20,21,22,25). The van der Waals surface area contributed by atoms with Gasteiger partial charge in [0.2, 0.25) is 10.9 Å². The highest BCUT2D eigenvalue weighted by atomic mass is 32.1. The lowest BCUT2D eigenvalue weighted by atomic mass is 10.2. The third-order valence-electron chi connectivity index (χ3n) is 7.63. The molecule has 1 atom stereocenters. The highest BCUT2D eigenvalue weighted by molar-refractivity contribution is 7.14. The number of ether oxygens (including phenoxy) is 1. The number of benzene rings is 2. The molecule has 5 aromatic rings. The fourth-order valence-electron chi connectivity index (χ4n) is 4.68. The molecule has 0 bridgehead atoms. The number of hydrogen-bond acceptors (Lipinski definition) is 10. The maximum atomic E-state index is 14.0. The van der Waals surface area contributed by atoms with Crippen molar-refractivity contribution in [3.63, 3.8) is 0 Å². The Kier molecular flexibility index (Phi) is 15.7. The predicted molar refractivity (Wildman–Crippen MR) is 201 cm³/mol. The molecule has 2 aromatic carbocycles. The summed E-state index contributed by atoms with van der Waals surface area (Å²) in [6.45, 7) is 1.75. The molecule has 5 rings (SSSR count). The van der Waals surface area contributed by atoms with Crippen LogP contribution in [0.4, 0.5) is 46.2 Å². The molecule has 0 spiro atoms. The summed E-state index contributed by atoms with van der Waals surface area (Å²) >= 11 is 1.76. The van der Waals surface area contributed by atoms with Crippen LogP contribution < -0.4 is 21.3 Å². The molecule has 0 saturated carbocycles. The van der Waals surface area contributed by atoms with Crippen LogP contribution in [-0.4, -0.2) is 71.0 Å². The number of carbonyl (C=O) groups excluding carboxylic acids is 4. The van der Waals surface area contributed by atoms with Gasteiger partial charge in [0.1, 0.15) is 23.4 Å². The summed E-state index contributed by atoms with van der Waals surface area (Å²) in [5.74, 6) is -3.57. The molecule has 6 amide bonds. The first-order valence-electron chi connectivity index (χ1n) is 16.8. The topological polar surface area (TPSA) is 171 Å². The zero-order valence-corrected chi connectivity index (χ0v) is 32.7. The number of anilines is 2. The molecule has 0 radical (unpaired) electrons. The minimum atomic E-state index is -4.68. The van der Waals surface area contributed by atoms with Crippen LogP contribution in [0.15, 0.2) is 70.5 Å². The molecule has 0 aliphatic carbocycles. The Labute approximate surface area is 335 Å². The monoisotopic (exact) mass is 854 g/mol. The Morgan fingerprint density at radius 1 is 0.828 bits per heavy atom. The molecule has 0 fully saturated rings. The second kappa shape index (κ2) is 20.4. The van der Waals surface area contributed by atoms with Gasteiger partial charge in [0, 0.05) is 39.7 Å². The van der Waals surface area contributed by atoms with E-state index in [0.717, 1.165) is 22.3 Å². The van der Waals surface area contributed by atoms with E-state index >= 15 is 0 Å². The second-order valence-corrected chi connectivity index (χ2v) is 14.0. The lowest BCUT2D eigenvalue weighted by Gasteiger charge is -2.19. The van der Waals surface area contributed by atoms with Crippen molar-refractivity contribution in [2.45, 2.75) is 45.4 Å². The molecule has 4 N–H and O–H groups in total. The summed E-state index contributed by atoms with van der Waals surface area (Å²) < 4.78 is 87.6. The first kappa shape index (κ1) is 44.7. The summed E-state index contributed by atoms with van der Waals surface area (Å²) in [6, 6.07) is 12.1. The summed E-state index contributed by atoms with van der Waals surface area (Å²) in [7, 11) is 4.30. The third kappa shape index (κ3) is 13.6. The lowest BCUT2D eigenvalue weighted by Crippen LogP contribution is -2.35. The number of nitrogens with one attached hydrogen (secondary N) is 4. The van der Waals surface area contributed by atoms with Gasteiger partial charge in [0.05, 0.1) is 18.8 Å². The van der Waals surface area contributed by atoms with Crippen molar-refractivity contribution >= 4 is 56.8 Å². The molecular weight excluding hydrogens is 819 g/mol. The number of alkyl halides is 3. The number of thiazole rings is 2. The Morgan fingerprint density at radius 3 is 1.95 bits per heavy atom. The Balaban J connectivity index is 0.000000259. The first-order chi connectivity index (χ1) is 27.4. The molecule has 0 aliphatic heterocycles. The number of urea groups is 2. The van der Waals surface area contributed by atoms with Crippen LogP contribution in [0.2, 0.25) is 0 Å². The van der Waals surface area contributed by atoms with Crippen molar-refractivity contribution in [1.82, 2.24) is 30.4 Å². The smallest absolute Gasteiger partial charge is 0.446 e. The summed E-state index contributed by atoms with van der Waals surface area (Å²) in [5.41, 5.74) is 1.63. The number of likely N-dealkylation sites (N-methyl/N-ethyl adjacent to an activating group) is 1. The van der Waals surface area contributed by atoms with Crippen molar-refractivity contribution in [3.05, 3.63) is 117 Å². The largest absolute Gasteiger partial charge is 0.449 e. The van der Waals surface area contributed by atoms with E-state index in [-0.39, 0.29) is 48.0 Å². The van der Waals surface area contributed by atoms with E-state index in [9.17, 15) is 45.5 Å². The van der Waals surface area contributed by atoms with Gasteiger partial charge in [-0.05, 0) is 54.4 Å². The van der Waals surface area contributed by atoms with Gasteiger partial charge in [-0.15, -0.1) is 11.3 Å². The van der Waals surface area contributed by atoms with Gasteiger partial charge in [-0.2, -0.15) is 17.6 Å². The number of methoxy groups -OCH3 is 1. The minimum absolute atomic E-state index is 0.00994. The zero-order chi connectivity index (χ0) is 42.6. The summed E-state index contributed by atoms with van der Waals surface area (Å²) in [6.07, 6.45) is -5.33. The maximum absolute atomic E-state index is 14.0. The Morgan fingerprint density at radius 2 is 1.41 bits per heavy atom. The lowest BCUT2D eigenvalue weighted by molar-refractivity contribution is -0.153. The average Bonchev–Trinajstić information content (AvgIpc) is 3.93. The van der Waals surface area contributed by atoms with Crippen molar-refractivity contribution in [2.75, 3.05) is 31.8 Å². The predicted octanol–water partition coefficient (Wildman–Crippen LogP) is 7.22. The van der Waals surface area contributed by atoms with Gasteiger partial charge < -0.3 is 29.6 Å². The number of nitrogens with zero attached hydrogens (tertiary/aromatic N) is 4. The average molecular weight is 855 g/mol. The highest BCUT2D eigenvalue weighted by Gasteiger charge is 2.35. The number of halogens is 6. The maximum Gasteiger partial charge on any atom is 0.449 e. The van der Waals surface area contributed by atoms with E-state index in [1.54, 1.807) is 24.4 Å². The van der Waals surface area contributed by atoms with Crippen molar-refractivity contribution < 1.29 is 54.7 Å². The van der Waals surface area contributed by atoms with Gasteiger partial charge in [0.25, 0.3) is 11.8 Å². The van der Waals surface area contributed by atoms with Gasteiger partial charge in [-0.1, -0.05) is 35.6 Å². The first-order valence-corrected chi connectivity index (χ1v) is 18.5. The molecule has 3 aromatic heterocycles. The third-order valence-corrected chi connectivity index (χ3v) is 9.24. The van der Waals surface area contributed by atoms with Crippen molar-refractivity contribution in [2.24, 2.45) is 0 Å². The minimum Gasteiger partial charge on any atom is -0.446 e. The normalized spacial score (nSPS) is 11.5. The SMILES string of the molecule is CN(Cc1csc(NC(=O)NCc2cccc(F)c2)n1)C(=O)c1ccc(C(F)(F)F)o1.COC(C)C(=O)N(C)Cc1nc(NC(=O)NCc2cccc(F)c2)sc1F. The number of amides is 6. The molecule has 22 heteroatoms. The van der Waals surface area contributed by atoms with E-state index in [4.69, 9.17) is 4.74 Å². The Bertz CT molecular complexity index is 2200. The molecule has 0 aliphatic rings.